The van der Waals surface area contributed by atoms with Gasteiger partial charge in [0.2, 0.25) is 0 Å². The second-order valence-corrected chi connectivity index (χ2v) is 2.91. The summed E-state index contributed by atoms with van der Waals surface area (Å²) in [5.41, 5.74) is 0. The number of hydrogen-bond donors (Lipinski definition) is 1. The average molecular weight is 175 g/mol. The molecule has 1 saturated heterocycles. The highest BCUT2D eigenvalue weighted by molar-refractivity contribution is 7.80. The van der Waals surface area contributed by atoms with Gasteiger partial charge in [-0.3, -0.25) is 0 Å². The summed E-state index contributed by atoms with van der Waals surface area (Å²) in [6.45, 7) is 3.89. The first kappa shape index (κ1) is 8.74. The van der Waals surface area contributed by atoms with E-state index in [9.17, 15) is 0 Å². The standard InChI is InChI=1S/C7H13NO2S/c1-2-8-4-3-6(5-9)10-7(8)11/h6,9H,2-5H2,1H3/t6-/m0/s1. The molecule has 0 unspecified atom stereocenters. The van der Waals surface area contributed by atoms with Crippen LogP contribution in [0, 0.1) is 0 Å². The number of aliphatic hydroxyl groups is 1. The Labute approximate surface area is 71.9 Å². The number of ether oxygens (including phenoxy) is 1. The molecule has 11 heavy (non-hydrogen) atoms. The highest BCUT2D eigenvalue weighted by Gasteiger charge is 2.21. The van der Waals surface area contributed by atoms with E-state index >= 15 is 0 Å². The van der Waals surface area contributed by atoms with Crippen molar-refractivity contribution in [1.29, 1.82) is 0 Å². The SMILES string of the molecule is CCN1CC[C@@H](CO)OC1=S. The lowest BCUT2D eigenvalue weighted by molar-refractivity contribution is 0.0540. The van der Waals surface area contributed by atoms with E-state index in [0.717, 1.165) is 19.5 Å². The molecule has 1 N–H and O–H groups in total. The fourth-order valence-electron chi connectivity index (χ4n) is 1.08. The van der Waals surface area contributed by atoms with Crippen LogP contribution in [-0.4, -0.2) is 41.0 Å². The van der Waals surface area contributed by atoms with Crippen molar-refractivity contribution in [3.63, 3.8) is 0 Å². The molecule has 0 aromatic carbocycles. The molecule has 4 heteroatoms. The van der Waals surface area contributed by atoms with Crippen molar-refractivity contribution in [2.75, 3.05) is 19.7 Å². The second-order valence-electron chi connectivity index (χ2n) is 2.56. The van der Waals surface area contributed by atoms with E-state index in [0.29, 0.717) is 5.17 Å². The second kappa shape index (κ2) is 3.88. The third-order valence-corrected chi connectivity index (χ3v) is 2.19. The van der Waals surface area contributed by atoms with E-state index in [1.54, 1.807) is 0 Å². The summed E-state index contributed by atoms with van der Waals surface area (Å²) in [6.07, 6.45) is 0.787. The molecular weight excluding hydrogens is 162 g/mol. The fraction of sp³-hybridized carbons (Fsp3) is 0.857. The third-order valence-electron chi connectivity index (χ3n) is 1.83. The molecule has 1 fully saturated rings. The van der Waals surface area contributed by atoms with Gasteiger partial charge in [-0.15, -0.1) is 0 Å². The quantitative estimate of drug-likeness (QED) is 0.615. The van der Waals surface area contributed by atoms with Crippen LogP contribution < -0.4 is 0 Å². The van der Waals surface area contributed by atoms with Gasteiger partial charge in [-0.05, 0) is 19.1 Å². The largest absolute Gasteiger partial charge is 0.465 e. The molecule has 1 aliphatic heterocycles. The van der Waals surface area contributed by atoms with Gasteiger partial charge >= 0.3 is 0 Å². The van der Waals surface area contributed by atoms with Crippen LogP contribution >= 0.6 is 12.2 Å². The van der Waals surface area contributed by atoms with Crippen molar-refractivity contribution in [3.05, 3.63) is 0 Å². The summed E-state index contributed by atoms with van der Waals surface area (Å²) < 4.78 is 5.25. The van der Waals surface area contributed by atoms with Crippen LogP contribution in [0.2, 0.25) is 0 Å². The summed E-state index contributed by atoms with van der Waals surface area (Å²) >= 11 is 4.96. The summed E-state index contributed by atoms with van der Waals surface area (Å²) in [5, 5.41) is 9.29. The van der Waals surface area contributed by atoms with Gasteiger partial charge in [0.05, 0.1) is 6.61 Å². The predicted molar refractivity (Wildman–Crippen MR) is 46.4 cm³/mol. The molecule has 0 aromatic heterocycles. The molecule has 0 spiro atoms. The molecule has 1 atom stereocenters. The average Bonchev–Trinajstić information content (AvgIpc) is 2.04. The molecule has 0 saturated carbocycles. The normalized spacial score (nSPS) is 25.1. The number of aliphatic hydroxyl groups excluding tert-OH is 1. The molecule has 0 aromatic rings. The molecular formula is C7H13NO2S. The van der Waals surface area contributed by atoms with E-state index in [2.05, 4.69) is 0 Å². The Kier molecular flexibility index (Phi) is 3.08. The van der Waals surface area contributed by atoms with E-state index in [1.165, 1.54) is 0 Å². The van der Waals surface area contributed by atoms with Crippen LogP contribution in [0.1, 0.15) is 13.3 Å². The molecule has 0 bridgehead atoms. The van der Waals surface area contributed by atoms with Gasteiger partial charge in [0.15, 0.2) is 0 Å². The van der Waals surface area contributed by atoms with Crippen LogP contribution in [0.4, 0.5) is 0 Å². The Bertz CT molecular complexity index is 151. The van der Waals surface area contributed by atoms with Crippen molar-refractivity contribution in [3.8, 4) is 0 Å². The highest BCUT2D eigenvalue weighted by Crippen LogP contribution is 2.10. The van der Waals surface area contributed by atoms with Gasteiger partial charge in [0.25, 0.3) is 5.17 Å². The monoisotopic (exact) mass is 175 g/mol. The molecule has 64 valence electrons. The van der Waals surface area contributed by atoms with Crippen LogP contribution in [-0.2, 0) is 4.74 Å². The first-order chi connectivity index (χ1) is 5.27. The molecule has 3 nitrogen and oxygen atoms in total. The van der Waals surface area contributed by atoms with E-state index in [4.69, 9.17) is 22.1 Å². The zero-order chi connectivity index (χ0) is 8.27. The van der Waals surface area contributed by atoms with Crippen molar-refractivity contribution in [2.24, 2.45) is 0 Å². The minimum atomic E-state index is -0.0784. The smallest absolute Gasteiger partial charge is 0.259 e. The molecule has 0 radical (unpaired) electrons. The minimum Gasteiger partial charge on any atom is -0.465 e. The number of rotatable bonds is 2. The predicted octanol–water partition coefficient (Wildman–Crippen LogP) is 0.374. The van der Waals surface area contributed by atoms with Gasteiger partial charge in [-0.1, -0.05) is 0 Å². The highest BCUT2D eigenvalue weighted by atomic mass is 32.1. The molecule has 1 heterocycles. The Morgan fingerprint density at radius 2 is 2.55 bits per heavy atom. The van der Waals surface area contributed by atoms with Crippen LogP contribution in [0.5, 0.6) is 0 Å². The molecule has 1 rings (SSSR count). The number of hydrogen-bond acceptors (Lipinski definition) is 3. The number of nitrogens with zero attached hydrogens (tertiary/aromatic N) is 1. The van der Waals surface area contributed by atoms with Gasteiger partial charge in [-0.2, -0.15) is 0 Å². The van der Waals surface area contributed by atoms with Crippen molar-refractivity contribution < 1.29 is 9.84 Å². The lowest BCUT2D eigenvalue weighted by Crippen LogP contribution is -2.42. The van der Waals surface area contributed by atoms with Gasteiger partial charge in [0.1, 0.15) is 6.10 Å². The van der Waals surface area contributed by atoms with Crippen LogP contribution in [0.15, 0.2) is 0 Å². The van der Waals surface area contributed by atoms with E-state index < -0.39 is 0 Å². The summed E-state index contributed by atoms with van der Waals surface area (Å²) in [7, 11) is 0. The zero-order valence-electron chi connectivity index (χ0n) is 6.62. The first-order valence-electron chi connectivity index (χ1n) is 3.84. The maximum absolute atomic E-state index is 8.76. The lowest BCUT2D eigenvalue weighted by Gasteiger charge is -2.32. The van der Waals surface area contributed by atoms with Crippen molar-refractivity contribution in [1.82, 2.24) is 4.90 Å². The summed E-state index contributed by atoms with van der Waals surface area (Å²) in [5.74, 6) is 0. The van der Waals surface area contributed by atoms with Gasteiger partial charge < -0.3 is 14.7 Å². The summed E-state index contributed by atoms with van der Waals surface area (Å²) in [4.78, 5) is 1.99. The lowest BCUT2D eigenvalue weighted by atomic mass is 10.2. The Hall–Kier alpha value is -0.350. The maximum Gasteiger partial charge on any atom is 0.259 e. The Morgan fingerprint density at radius 1 is 1.82 bits per heavy atom. The first-order valence-corrected chi connectivity index (χ1v) is 4.25. The topological polar surface area (TPSA) is 32.7 Å². The number of thiocarbonyl (C=S) groups is 1. The van der Waals surface area contributed by atoms with Crippen molar-refractivity contribution in [2.45, 2.75) is 19.4 Å². The molecule has 0 amide bonds. The third kappa shape index (κ3) is 2.04. The fourth-order valence-corrected chi connectivity index (χ4v) is 1.44. The Balaban J connectivity index is 2.41. The van der Waals surface area contributed by atoms with Gasteiger partial charge in [0, 0.05) is 19.5 Å². The minimum absolute atomic E-state index is 0.0672. The zero-order valence-corrected chi connectivity index (χ0v) is 7.43. The van der Waals surface area contributed by atoms with E-state index in [-0.39, 0.29) is 12.7 Å². The summed E-state index contributed by atoms with van der Waals surface area (Å²) in [6, 6.07) is 0. The Morgan fingerprint density at radius 3 is 3.00 bits per heavy atom. The molecule has 1 aliphatic rings. The van der Waals surface area contributed by atoms with Crippen molar-refractivity contribution >= 4 is 17.4 Å². The van der Waals surface area contributed by atoms with E-state index in [1.807, 2.05) is 11.8 Å². The molecule has 0 aliphatic carbocycles. The van der Waals surface area contributed by atoms with Crippen LogP contribution in [0.3, 0.4) is 0 Å². The maximum atomic E-state index is 8.76. The van der Waals surface area contributed by atoms with Crippen LogP contribution in [0.25, 0.3) is 0 Å². The van der Waals surface area contributed by atoms with Gasteiger partial charge in [-0.25, -0.2) is 0 Å².